The highest BCUT2D eigenvalue weighted by Gasteiger charge is 2.13. The van der Waals surface area contributed by atoms with Crippen LogP contribution in [0.25, 0.3) is 0 Å². The quantitative estimate of drug-likeness (QED) is 0.479. The number of aliphatic hydroxyl groups is 1. The molecule has 2 aromatic carbocycles. The summed E-state index contributed by atoms with van der Waals surface area (Å²) in [5.41, 5.74) is 6.76. The average molecular weight is 381 g/mol. The molecule has 152 valence electrons. The normalized spacial score (nSPS) is 13.8. The molecule has 0 aliphatic heterocycles. The van der Waals surface area contributed by atoms with Crippen molar-refractivity contribution in [1.29, 1.82) is 0 Å². The molecule has 2 rings (SSSR count). The number of carbonyl (C=O) groups is 1. The van der Waals surface area contributed by atoms with Crippen molar-refractivity contribution in [3.63, 3.8) is 0 Å². The topological polar surface area (TPSA) is 37.3 Å². The Labute approximate surface area is 171 Å². The maximum atomic E-state index is 11.5. The summed E-state index contributed by atoms with van der Waals surface area (Å²) in [6.45, 7) is 12.7. The van der Waals surface area contributed by atoms with Gasteiger partial charge in [-0.15, -0.1) is 0 Å². The fourth-order valence-electron chi connectivity index (χ4n) is 3.88. The number of hydrogen-bond donors (Lipinski definition) is 1. The van der Waals surface area contributed by atoms with Crippen molar-refractivity contribution in [3.05, 3.63) is 69.8 Å². The minimum absolute atomic E-state index is 0.359. The van der Waals surface area contributed by atoms with Gasteiger partial charge in [0, 0.05) is 5.56 Å². The molecule has 2 unspecified atom stereocenters. The third-order valence-electron chi connectivity index (χ3n) is 5.80. The van der Waals surface area contributed by atoms with E-state index in [2.05, 4.69) is 71.0 Å². The van der Waals surface area contributed by atoms with E-state index in [1.54, 1.807) is 0 Å². The van der Waals surface area contributed by atoms with E-state index in [1.807, 2.05) is 6.92 Å². The first-order chi connectivity index (χ1) is 13.2. The summed E-state index contributed by atoms with van der Waals surface area (Å²) < 4.78 is 0. The fourth-order valence-corrected chi connectivity index (χ4v) is 3.88. The van der Waals surface area contributed by atoms with E-state index in [0.717, 1.165) is 42.2 Å². The molecule has 0 spiro atoms. The van der Waals surface area contributed by atoms with Gasteiger partial charge in [0.15, 0.2) is 0 Å². The van der Waals surface area contributed by atoms with Crippen LogP contribution in [0.2, 0.25) is 0 Å². The van der Waals surface area contributed by atoms with Crippen LogP contribution in [-0.2, 0) is 6.42 Å². The Morgan fingerprint density at radius 1 is 0.857 bits per heavy atom. The van der Waals surface area contributed by atoms with E-state index < -0.39 is 6.10 Å². The lowest BCUT2D eigenvalue weighted by Gasteiger charge is -2.18. The number of carbonyl (C=O) groups excluding carboxylic acids is 1. The summed E-state index contributed by atoms with van der Waals surface area (Å²) in [4.78, 5) is 11.5. The Kier molecular flexibility index (Phi) is 8.00. The van der Waals surface area contributed by atoms with Gasteiger partial charge in [0.1, 0.15) is 6.29 Å². The Hall–Kier alpha value is -1.93. The standard InChI is InChI=1S/C26H36O2/c1-17(2)22-11-10-21(26(15-22)20(6)28)9-7-8-19(5)23-12-13-25(18(3)4)24(14-23)16-27/h10-20,28H,7-9H2,1-6H3. The third-order valence-corrected chi connectivity index (χ3v) is 5.80. The number of benzene rings is 2. The molecule has 0 bridgehead atoms. The Morgan fingerprint density at radius 2 is 1.54 bits per heavy atom. The van der Waals surface area contributed by atoms with Gasteiger partial charge in [-0.3, -0.25) is 4.79 Å². The summed E-state index contributed by atoms with van der Waals surface area (Å²) in [5, 5.41) is 10.2. The lowest BCUT2D eigenvalue weighted by atomic mass is 9.88. The van der Waals surface area contributed by atoms with Gasteiger partial charge < -0.3 is 5.11 Å². The summed E-state index contributed by atoms with van der Waals surface area (Å²) in [6, 6.07) is 12.9. The maximum Gasteiger partial charge on any atom is 0.150 e. The fraction of sp³-hybridized carbons (Fsp3) is 0.500. The predicted molar refractivity (Wildman–Crippen MR) is 118 cm³/mol. The molecule has 0 aliphatic rings. The second-order valence-corrected chi connectivity index (χ2v) is 8.74. The van der Waals surface area contributed by atoms with Crippen LogP contribution in [0.4, 0.5) is 0 Å². The van der Waals surface area contributed by atoms with E-state index in [-0.39, 0.29) is 0 Å². The van der Waals surface area contributed by atoms with E-state index in [9.17, 15) is 9.90 Å². The van der Waals surface area contributed by atoms with E-state index in [1.165, 1.54) is 16.7 Å². The van der Waals surface area contributed by atoms with Crippen LogP contribution < -0.4 is 0 Å². The maximum absolute atomic E-state index is 11.5. The number of aldehydes is 1. The van der Waals surface area contributed by atoms with Gasteiger partial charge in [0.2, 0.25) is 0 Å². The number of aliphatic hydroxyl groups excluding tert-OH is 1. The first-order valence-corrected chi connectivity index (χ1v) is 10.6. The largest absolute Gasteiger partial charge is 0.389 e. The van der Waals surface area contributed by atoms with Gasteiger partial charge in [0.25, 0.3) is 0 Å². The van der Waals surface area contributed by atoms with Crippen molar-refractivity contribution >= 4 is 6.29 Å². The minimum atomic E-state index is -0.440. The molecule has 0 aromatic heterocycles. The lowest BCUT2D eigenvalue weighted by Crippen LogP contribution is -2.03. The summed E-state index contributed by atoms with van der Waals surface area (Å²) in [6.07, 6.45) is 3.63. The second-order valence-electron chi connectivity index (χ2n) is 8.74. The van der Waals surface area contributed by atoms with Crippen molar-refractivity contribution in [3.8, 4) is 0 Å². The van der Waals surface area contributed by atoms with Crippen LogP contribution in [0.1, 0.15) is 116 Å². The first kappa shape index (κ1) is 22.4. The number of aryl methyl sites for hydroxylation is 1. The highest BCUT2D eigenvalue weighted by atomic mass is 16.3. The molecule has 2 nitrogen and oxygen atoms in total. The van der Waals surface area contributed by atoms with Crippen LogP contribution >= 0.6 is 0 Å². The van der Waals surface area contributed by atoms with E-state index in [4.69, 9.17) is 0 Å². The zero-order valence-electron chi connectivity index (χ0n) is 18.3. The molecule has 2 heteroatoms. The zero-order valence-corrected chi connectivity index (χ0v) is 18.3. The molecule has 0 amide bonds. The Morgan fingerprint density at radius 3 is 2.11 bits per heavy atom. The zero-order chi connectivity index (χ0) is 20.8. The monoisotopic (exact) mass is 380 g/mol. The van der Waals surface area contributed by atoms with Gasteiger partial charge >= 0.3 is 0 Å². The van der Waals surface area contributed by atoms with Crippen molar-refractivity contribution in [2.45, 2.75) is 84.7 Å². The van der Waals surface area contributed by atoms with Gasteiger partial charge in [-0.1, -0.05) is 65.0 Å². The van der Waals surface area contributed by atoms with Crippen molar-refractivity contribution in [2.24, 2.45) is 0 Å². The van der Waals surface area contributed by atoms with Gasteiger partial charge in [-0.25, -0.2) is 0 Å². The van der Waals surface area contributed by atoms with Crippen LogP contribution in [0.3, 0.4) is 0 Å². The molecular formula is C26H36O2. The van der Waals surface area contributed by atoms with Crippen LogP contribution in [0.15, 0.2) is 36.4 Å². The second kappa shape index (κ2) is 10.0. The molecule has 2 atom stereocenters. The van der Waals surface area contributed by atoms with E-state index >= 15 is 0 Å². The molecule has 2 aromatic rings. The van der Waals surface area contributed by atoms with Gasteiger partial charge in [-0.2, -0.15) is 0 Å². The average Bonchev–Trinajstić information content (AvgIpc) is 2.66. The SMILES string of the molecule is CC(C)c1ccc(CCCC(C)c2ccc(C(C)C)c(C=O)c2)c(C(C)O)c1. The highest BCUT2D eigenvalue weighted by molar-refractivity contribution is 5.78. The third kappa shape index (κ3) is 5.54. The highest BCUT2D eigenvalue weighted by Crippen LogP contribution is 2.29. The molecule has 0 heterocycles. The van der Waals surface area contributed by atoms with Crippen LogP contribution in [0.5, 0.6) is 0 Å². The molecule has 0 radical (unpaired) electrons. The molecule has 0 saturated carbocycles. The van der Waals surface area contributed by atoms with Gasteiger partial charge in [-0.05, 0) is 77.8 Å². The number of hydrogen-bond acceptors (Lipinski definition) is 2. The lowest BCUT2D eigenvalue weighted by molar-refractivity contribution is 0.112. The molecule has 28 heavy (non-hydrogen) atoms. The summed E-state index contributed by atoms with van der Waals surface area (Å²) in [7, 11) is 0. The molecule has 0 aliphatic carbocycles. The molecular weight excluding hydrogens is 344 g/mol. The number of rotatable bonds is 9. The van der Waals surface area contributed by atoms with Crippen molar-refractivity contribution in [1.82, 2.24) is 0 Å². The smallest absolute Gasteiger partial charge is 0.150 e. The van der Waals surface area contributed by atoms with E-state index in [0.29, 0.717) is 17.8 Å². The van der Waals surface area contributed by atoms with Gasteiger partial charge in [0.05, 0.1) is 6.10 Å². The van der Waals surface area contributed by atoms with Crippen LogP contribution in [0, 0.1) is 0 Å². The minimum Gasteiger partial charge on any atom is -0.389 e. The van der Waals surface area contributed by atoms with Crippen molar-refractivity contribution in [2.75, 3.05) is 0 Å². The molecule has 1 N–H and O–H groups in total. The first-order valence-electron chi connectivity index (χ1n) is 10.6. The Bertz CT molecular complexity index is 787. The predicted octanol–water partition coefficient (Wildman–Crippen LogP) is 6.93. The Balaban J connectivity index is 2.06. The summed E-state index contributed by atoms with van der Waals surface area (Å²) >= 11 is 0. The van der Waals surface area contributed by atoms with Crippen LogP contribution in [-0.4, -0.2) is 11.4 Å². The summed E-state index contributed by atoms with van der Waals surface area (Å²) in [5.74, 6) is 1.23. The molecule has 0 saturated heterocycles. The van der Waals surface area contributed by atoms with Crippen molar-refractivity contribution < 1.29 is 9.90 Å². The molecule has 0 fully saturated rings.